The molecule has 1 heterocycles. The van der Waals surface area contributed by atoms with Gasteiger partial charge in [-0.3, -0.25) is 9.89 Å². The first-order valence-electron chi connectivity index (χ1n) is 6.06. The van der Waals surface area contributed by atoms with Crippen LogP contribution in [0.3, 0.4) is 0 Å². The standard InChI is InChI=1S/C13H17N5O/c1-8-4-5-11(14-3)10(6-8)13(19)17-9(2)12-15-7-16-18-12/h4-7,9,14H,1-3H3,(H,17,19)(H,15,16,18). The van der Waals surface area contributed by atoms with Gasteiger partial charge in [-0.15, -0.1) is 0 Å². The number of anilines is 1. The fourth-order valence-electron chi connectivity index (χ4n) is 1.83. The number of hydrogen-bond donors (Lipinski definition) is 3. The maximum atomic E-state index is 12.3. The lowest BCUT2D eigenvalue weighted by molar-refractivity contribution is 0.0939. The lowest BCUT2D eigenvalue weighted by Crippen LogP contribution is -2.28. The molecule has 2 rings (SSSR count). The number of H-pyrrole nitrogens is 1. The van der Waals surface area contributed by atoms with Gasteiger partial charge < -0.3 is 10.6 Å². The number of rotatable bonds is 4. The Labute approximate surface area is 111 Å². The molecular formula is C13H17N5O. The number of nitrogens with zero attached hydrogens (tertiary/aromatic N) is 2. The van der Waals surface area contributed by atoms with Crippen molar-refractivity contribution in [3.63, 3.8) is 0 Å². The summed E-state index contributed by atoms with van der Waals surface area (Å²) < 4.78 is 0. The Morgan fingerprint density at radius 2 is 2.21 bits per heavy atom. The monoisotopic (exact) mass is 259 g/mol. The third kappa shape index (κ3) is 2.90. The molecule has 0 aliphatic heterocycles. The van der Waals surface area contributed by atoms with Crippen LogP contribution in [0.5, 0.6) is 0 Å². The Morgan fingerprint density at radius 1 is 1.42 bits per heavy atom. The number of aromatic nitrogens is 3. The largest absolute Gasteiger partial charge is 0.387 e. The van der Waals surface area contributed by atoms with Crippen LogP contribution >= 0.6 is 0 Å². The van der Waals surface area contributed by atoms with Gasteiger partial charge in [0.15, 0.2) is 0 Å². The number of hydrogen-bond acceptors (Lipinski definition) is 4. The number of aromatic amines is 1. The van der Waals surface area contributed by atoms with E-state index < -0.39 is 0 Å². The molecule has 2 aromatic rings. The van der Waals surface area contributed by atoms with Crippen LogP contribution in [0.1, 0.15) is 34.7 Å². The highest BCUT2D eigenvalue weighted by Crippen LogP contribution is 2.18. The van der Waals surface area contributed by atoms with Crippen molar-refractivity contribution in [1.29, 1.82) is 0 Å². The van der Waals surface area contributed by atoms with Crippen molar-refractivity contribution in [2.24, 2.45) is 0 Å². The molecule has 0 saturated heterocycles. The second-order valence-corrected chi connectivity index (χ2v) is 4.36. The minimum Gasteiger partial charge on any atom is -0.387 e. The average Bonchev–Trinajstić information content (AvgIpc) is 2.92. The molecule has 0 bridgehead atoms. The lowest BCUT2D eigenvalue weighted by Gasteiger charge is -2.14. The normalized spacial score (nSPS) is 11.9. The van der Waals surface area contributed by atoms with Gasteiger partial charge in [0.1, 0.15) is 12.2 Å². The molecule has 1 aromatic carbocycles. The highest BCUT2D eigenvalue weighted by molar-refractivity contribution is 5.99. The third-order valence-electron chi connectivity index (χ3n) is 2.88. The van der Waals surface area contributed by atoms with E-state index in [1.54, 1.807) is 7.05 Å². The van der Waals surface area contributed by atoms with Gasteiger partial charge in [-0.1, -0.05) is 11.6 Å². The van der Waals surface area contributed by atoms with Crippen LogP contribution in [0.25, 0.3) is 0 Å². The van der Waals surface area contributed by atoms with E-state index in [1.165, 1.54) is 6.33 Å². The van der Waals surface area contributed by atoms with Crippen molar-refractivity contribution in [3.05, 3.63) is 41.5 Å². The fraction of sp³-hybridized carbons (Fsp3) is 0.308. The molecule has 0 saturated carbocycles. The van der Waals surface area contributed by atoms with Crippen LogP contribution in [0.4, 0.5) is 5.69 Å². The Kier molecular flexibility index (Phi) is 3.79. The zero-order valence-corrected chi connectivity index (χ0v) is 11.2. The molecule has 19 heavy (non-hydrogen) atoms. The predicted octanol–water partition coefficient (Wildman–Crippen LogP) is 1.65. The maximum Gasteiger partial charge on any atom is 0.253 e. The first kappa shape index (κ1) is 13.1. The summed E-state index contributed by atoms with van der Waals surface area (Å²) in [6.07, 6.45) is 1.42. The number of nitrogens with one attached hydrogen (secondary N) is 3. The van der Waals surface area contributed by atoms with Gasteiger partial charge in [0.25, 0.3) is 5.91 Å². The molecule has 0 radical (unpaired) electrons. The third-order valence-corrected chi connectivity index (χ3v) is 2.88. The van der Waals surface area contributed by atoms with Gasteiger partial charge in [-0.2, -0.15) is 5.10 Å². The number of benzene rings is 1. The quantitative estimate of drug-likeness (QED) is 0.779. The van der Waals surface area contributed by atoms with Crippen LogP contribution in [-0.4, -0.2) is 28.1 Å². The zero-order valence-electron chi connectivity index (χ0n) is 11.2. The summed E-state index contributed by atoms with van der Waals surface area (Å²) in [5.74, 6) is 0.490. The van der Waals surface area contributed by atoms with E-state index in [0.29, 0.717) is 11.4 Å². The zero-order chi connectivity index (χ0) is 13.8. The Hall–Kier alpha value is -2.37. The van der Waals surface area contributed by atoms with Gasteiger partial charge >= 0.3 is 0 Å². The van der Waals surface area contributed by atoms with Crippen molar-refractivity contribution in [3.8, 4) is 0 Å². The van der Waals surface area contributed by atoms with Gasteiger partial charge in [0.05, 0.1) is 11.6 Å². The number of carbonyl (C=O) groups excluding carboxylic acids is 1. The van der Waals surface area contributed by atoms with Crippen molar-refractivity contribution in [1.82, 2.24) is 20.5 Å². The van der Waals surface area contributed by atoms with Gasteiger partial charge in [-0.05, 0) is 26.0 Å². The second-order valence-electron chi connectivity index (χ2n) is 4.36. The van der Waals surface area contributed by atoms with Crippen molar-refractivity contribution >= 4 is 11.6 Å². The molecule has 0 fully saturated rings. The summed E-state index contributed by atoms with van der Waals surface area (Å²) in [4.78, 5) is 16.3. The smallest absolute Gasteiger partial charge is 0.253 e. The minimum atomic E-state index is -0.222. The molecule has 1 atom stereocenters. The van der Waals surface area contributed by atoms with Gasteiger partial charge in [0.2, 0.25) is 0 Å². The predicted molar refractivity (Wildman–Crippen MR) is 73.0 cm³/mol. The molecule has 6 nitrogen and oxygen atoms in total. The van der Waals surface area contributed by atoms with E-state index >= 15 is 0 Å². The average molecular weight is 259 g/mol. The van der Waals surface area contributed by atoms with E-state index in [4.69, 9.17) is 0 Å². The van der Waals surface area contributed by atoms with Crippen LogP contribution in [0, 0.1) is 6.92 Å². The summed E-state index contributed by atoms with van der Waals surface area (Å²) in [6, 6.07) is 5.49. The van der Waals surface area contributed by atoms with E-state index in [-0.39, 0.29) is 11.9 Å². The maximum absolute atomic E-state index is 12.3. The molecular weight excluding hydrogens is 242 g/mol. The Balaban J connectivity index is 2.18. The van der Waals surface area contributed by atoms with E-state index in [9.17, 15) is 4.79 Å². The molecule has 1 unspecified atom stereocenters. The Morgan fingerprint density at radius 3 is 2.84 bits per heavy atom. The Bertz CT molecular complexity index is 564. The molecule has 3 N–H and O–H groups in total. The minimum absolute atomic E-state index is 0.142. The van der Waals surface area contributed by atoms with Crippen LogP contribution in [-0.2, 0) is 0 Å². The van der Waals surface area contributed by atoms with Crippen LogP contribution < -0.4 is 10.6 Å². The van der Waals surface area contributed by atoms with Gasteiger partial charge in [0, 0.05) is 12.7 Å². The number of aryl methyl sites for hydroxylation is 1. The van der Waals surface area contributed by atoms with Crippen LogP contribution in [0.15, 0.2) is 24.5 Å². The van der Waals surface area contributed by atoms with Crippen molar-refractivity contribution in [2.75, 3.05) is 12.4 Å². The first-order valence-corrected chi connectivity index (χ1v) is 6.06. The molecule has 0 aliphatic rings. The summed E-state index contributed by atoms with van der Waals surface area (Å²) in [6.45, 7) is 3.81. The lowest BCUT2D eigenvalue weighted by atomic mass is 10.1. The fourth-order valence-corrected chi connectivity index (χ4v) is 1.83. The van der Waals surface area contributed by atoms with E-state index in [2.05, 4.69) is 25.8 Å². The first-order chi connectivity index (χ1) is 9.11. The van der Waals surface area contributed by atoms with Crippen molar-refractivity contribution in [2.45, 2.75) is 19.9 Å². The summed E-state index contributed by atoms with van der Waals surface area (Å²) >= 11 is 0. The van der Waals surface area contributed by atoms with Crippen LogP contribution in [0.2, 0.25) is 0 Å². The molecule has 1 amide bonds. The van der Waals surface area contributed by atoms with E-state index in [0.717, 1.165) is 11.3 Å². The molecule has 0 spiro atoms. The molecule has 100 valence electrons. The topological polar surface area (TPSA) is 82.7 Å². The molecule has 0 aliphatic carbocycles. The highest BCUT2D eigenvalue weighted by Gasteiger charge is 2.16. The molecule has 1 aromatic heterocycles. The SMILES string of the molecule is CNc1ccc(C)cc1C(=O)NC(C)c1ncn[nH]1. The summed E-state index contributed by atoms with van der Waals surface area (Å²) in [5, 5.41) is 12.4. The summed E-state index contributed by atoms with van der Waals surface area (Å²) in [7, 11) is 1.79. The van der Waals surface area contributed by atoms with Gasteiger partial charge in [-0.25, -0.2) is 4.98 Å². The number of amides is 1. The number of carbonyl (C=O) groups is 1. The summed E-state index contributed by atoms with van der Waals surface area (Å²) in [5.41, 5.74) is 2.46. The second kappa shape index (κ2) is 5.51. The van der Waals surface area contributed by atoms with E-state index in [1.807, 2.05) is 32.0 Å². The van der Waals surface area contributed by atoms with Crippen molar-refractivity contribution < 1.29 is 4.79 Å². The molecule has 6 heteroatoms. The highest BCUT2D eigenvalue weighted by atomic mass is 16.1.